The molecule has 0 radical (unpaired) electrons. The molecule has 1 saturated heterocycles. The SMILES string of the molecule is C=CC(=O)NCC1CCN(C(=O)CNc2cc(I)c(Cl)cc2O)CC1. The molecule has 1 aliphatic heterocycles. The summed E-state index contributed by atoms with van der Waals surface area (Å²) in [6.07, 6.45) is 2.97. The van der Waals surface area contributed by atoms with E-state index >= 15 is 0 Å². The lowest BCUT2D eigenvalue weighted by molar-refractivity contribution is -0.130. The Kier molecular flexibility index (Phi) is 7.37. The molecule has 25 heavy (non-hydrogen) atoms. The second-order valence-electron chi connectivity index (χ2n) is 5.91. The Morgan fingerprint density at radius 3 is 2.72 bits per heavy atom. The van der Waals surface area contributed by atoms with E-state index in [1.807, 2.05) is 0 Å². The zero-order valence-electron chi connectivity index (χ0n) is 13.7. The average Bonchev–Trinajstić information content (AvgIpc) is 2.61. The predicted molar refractivity (Wildman–Crippen MR) is 107 cm³/mol. The predicted octanol–water partition coefficient (Wildman–Crippen LogP) is 2.60. The van der Waals surface area contributed by atoms with E-state index < -0.39 is 0 Å². The van der Waals surface area contributed by atoms with Gasteiger partial charge in [-0.25, -0.2) is 0 Å². The van der Waals surface area contributed by atoms with Gasteiger partial charge in [0.05, 0.1) is 17.3 Å². The van der Waals surface area contributed by atoms with Crippen molar-refractivity contribution in [3.8, 4) is 5.75 Å². The highest BCUT2D eigenvalue weighted by Crippen LogP contribution is 2.31. The van der Waals surface area contributed by atoms with E-state index in [9.17, 15) is 14.7 Å². The maximum atomic E-state index is 12.3. The number of benzene rings is 1. The van der Waals surface area contributed by atoms with Crippen LogP contribution in [0.4, 0.5) is 5.69 Å². The molecule has 2 amide bonds. The van der Waals surface area contributed by atoms with Gasteiger partial charge in [0.15, 0.2) is 0 Å². The number of carbonyl (C=O) groups excluding carboxylic acids is 2. The van der Waals surface area contributed by atoms with Crippen molar-refractivity contribution >= 4 is 51.7 Å². The average molecular weight is 478 g/mol. The number of rotatable bonds is 6. The van der Waals surface area contributed by atoms with Gasteiger partial charge in [0.2, 0.25) is 11.8 Å². The summed E-state index contributed by atoms with van der Waals surface area (Å²) in [6, 6.07) is 3.17. The molecule has 1 heterocycles. The van der Waals surface area contributed by atoms with Crippen LogP contribution in [0.2, 0.25) is 5.02 Å². The van der Waals surface area contributed by atoms with Crippen LogP contribution in [0, 0.1) is 9.49 Å². The summed E-state index contributed by atoms with van der Waals surface area (Å²) in [5, 5.41) is 16.1. The van der Waals surface area contributed by atoms with E-state index in [0.717, 1.165) is 16.4 Å². The number of piperidine rings is 1. The van der Waals surface area contributed by atoms with Crippen LogP contribution in [0.5, 0.6) is 5.75 Å². The lowest BCUT2D eigenvalue weighted by atomic mass is 9.96. The minimum atomic E-state index is -0.167. The van der Waals surface area contributed by atoms with Crippen molar-refractivity contribution < 1.29 is 14.7 Å². The van der Waals surface area contributed by atoms with Gasteiger partial charge in [-0.3, -0.25) is 9.59 Å². The Morgan fingerprint density at radius 2 is 2.08 bits per heavy atom. The Morgan fingerprint density at radius 1 is 1.40 bits per heavy atom. The minimum Gasteiger partial charge on any atom is -0.506 e. The Balaban J connectivity index is 1.78. The Hall–Kier alpha value is -1.48. The molecule has 1 aromatic rings. The molecule has 0 saturated carbocycles. The van der Waals surface area contributed by atoms with Crippen molar-refractivity contribution in [1.82, 2.24) is 10.2 Å². The molecule has 1 fully saturated rings. The van der Waals surface area contributed by atoms with Gasteiger partial charge in [-0.05, 0) is 53.5 Å². The van der Waals surface area contributed by atoms with Crippen molar-refractivity contribution in [3.05, 3.63) is 33.4 Å². The summed E-state index contributed by atoms with van der Waals surface area (Å²) in [6.45, 7) is 5.48. The largest absolute Gasteiger partial charge is 0.506 e. The maximum absolute atomic E-state index is 12.3. The minimum absolute atomic E-state index is 0.0158. The number of aromatic hydroxyl groups is 1. The molecular weight excluding hydrogens is 457 g/mol. The Labute approximate surface area is 165 Å². The first-order chi connectivity index (χ1) is 11.9. The Bertz CT molecular complexity index is 661. The number of likely N-dealkylation sites (tertiary alicyclic amines) is 1. The van der Waals surface area contributed by atoms with Crippen LogP contribution in [0.25, 0.3) is 0 Å². The molecular formula is C17H21ClIN3O3. The van der Waals surface area contributed by atoms with Crippen molar-refractivity contribution in [2.75, 3.05) is 31.5 Å². The quantitative estimate of drug-likeness (QED) is 0.334. The summed E-state index contributed by atoms with van der Waals surface area (Å²) in [5.74, 6) is 0.218. The summed E-state index contributed by atoms with van der Waals surface area (Å²) in [5.41, 5.74) is 0.490. The number of halogens is 2. The fraction of sp³-hybridized carbons (Fsp3) is 0.412. The molecule has 2 rings (SSSR count). The van der Waals surface area contributed by atoms with Crippen molar-refractivity contribution in [2.24, 2.45) is 5.92 Å². The van der Waals surface area contributed by atoms with Gasteiger partial charge in [-0.1, -0.05) is 18.2 Å². The first-order valence-electron chi connectivity index (χ1n) is 8.00. The molecule has 0 aliphatic carbocycles. The van der Waals surface area contributed by atoms with Crippen LogP contribution in [0.1, 0.15) is 12.8 Å². The van der Waals surface area contributed by atoms with Gasteiger partial charge in [-0.15, -0.1) is 0 Å². The molecule has 0 aromatic heterocycles. The molecule has 0 bridgehead atoms. The lowest BCUT2D eigenvalue weighted by Gasteiger charge is -2.32. The standard InChI is InChI=1S/C17H21ClIN3O3/c1-2-16(24)21-9-11-3-5-22(6-4-11)17(25)10-20-14-8-13(19)12(18)7-15(14)23/h2,7-8,11,20,23H,1,3-6,9-10H2,(H,21,24). The number of hydrogen-bond acceptors (Lipinski definition) is 4. The zero-order valence-corrected chi connectivity index (χ0v) is 16.6. The van der Waals surface area contributed by atoms with E-state index in [1.165, 1.54) is 12.1 Å². The second kappa shape index (κ2) is 9.28. The highest BCUT2D eigenvalue weighted by molar-refractivity contribution is 14.1. The van der Waals surface area contributed by atoms with E-state index in [-0.39, 0.29) is 24.1 Å². The highest BCUT2D eigenvalue weighted by atomic mass is 127. The summed E-state index contributed by atoms with van der Waals surface area (Å²) in [4.78, 5) is 25.3. The number of anilines is 1. The molecule has 0 unspecified atom stereocenters. The van der Waals surface area contributed by atoms with Crippen molar-refractivity contribution in [2.45, 2.75) is 12.8 Å². The monoisotopic (exact) mass is 477 g/mol. The highest BCUT2D eigenvalue weighted by Gasteiger charge is 2.23. The molecule has 3 N–H and O–H groups in total. The topological polar surface area (TPSA) is 81.7 Å². The second-order valence-corrected chi connectivity index (χ2v) is 7.48. The third-order valence-electron chi connectivity index (χ3n) is 4.19. The van der Waals surface area contributed by atoms with Gasteiger partial charge in [0.1, 0.15) is 5.75 Å². The molecule has 6 nitrogen and oxygen atoms in total. The number of carbonyl (C=O) groups is 2. The smallest absolute Gasteiger partial charge is 0.243 e. The van der Waals surface area contributed by atoms with Crippen molar-refractivity contribution in [1.29, 1.82) is 0 Å². The van der Waals surface area contributed by atoms with E-state index in [1.54, 1.807) is 11.0 Å². The van der Waals surface area contributed by atoms with Crippen LogP contribution in [-0.2, 0) is 9.59 Å². The van der Waals surface area contributed by atoms with Gasteiger partial charge >= 0.3 is 0 Å². The molecule has 1 aromatic carbocycles. The number of phenolic OH excluding ortho intramolecular Hbond substituents is 1. The van der Waals surface area contributed by atoms with Gasteiger partial charge in [0, 0.05) is 29.3 Å². The first kappa shape index (κ1) is 19.8. The first-order valence-corrected chi connectivity index (χ1v) is 9.46. The normalized spacial score (nSPS) is 14.9. The zero-order chi connectivity index (χ0) is 18.4. The van der Waals surface area contributed by atoms with Crippen LogP contribution in [-0.4, -0.2) is 48.0 Å². The van der Waals surface area contributed by atoms with Gasteiger partial charge in [0.25, 0.3) is 0 Å². The summed E-state index contributed by atoms with van der Waals surface area (Å²) in [7, 11) is 0. The lowest BCUT2D eigenvalue weighted by Crippen LogP contribution is -2.43. The molecule has 0 spiro atoms. The summed E-state index contributed by atoms with van der Waals surface area (Å²) >= 11 is 8.01. The van der Waals surface area contributed by atoms with Gasteiger partial charge < -0.3 is 20.6 Å². The fourth-order valence-corrected chi connectivity index (χ4v) is 3.29. The number of nitrogens with zero attached hydrogens (tertiary/aromatic N) is 1. The van der Waals surface area contributed by atoms with Crippen molar-refractivity contribution in [3.63, 3.8) is 0 Å². The maximum Gasteiger partial charge on any atom is 0.243 e. The van der Waals surface area contributed by atoms with E-state index in [0.29, 0.717) is 36.3 Å². The van der Waals surface area contributed by atoms with Crippen LogP contribution in [0.15, 0.2) is 24.8 Å². The number of nitrogens with one attached hydrogen (secondary N) is 2. The van der Waals surface area contributed by atoms with Gasteiger partial charge in [-0.2, -0.15) is 0 Å². The number of amides is 2. The molecule has 136 valence electrons. The van der Waals surface area contributed by atoms with E-state index in [4.69, 9.17) is 11.6 Å². The summed E-state index contributed by atoms with van der Waals surface area (Å²) < 4.78 is 0.800. The molecule has 0 atom stereocenters. The molecule has 1 aliphatic rings. The van der Waals surface area contributed by atoms with Crippen LogP contribution in [0.3, 0.4) is 0 Å². The third kappa shape index (κ3) is 5.78. The number of hydrogen-bond donors (Lipinski definition) is 3. The third-order valence-corrected chi connectivity index (χ3v) is 5.71. The number of phenols is 1. The molecule has 8 heteroatoms. The van der Waals surface area contributed by atoms with Crippen LogP contribution >= 0.6 is 34.2 Å². The van der Waals surface area contributed by atoms with E-state index in [2.05, 4.69) is 39.8 Å². The fourth-order valence-electron chi connectivity index (χ4n) is 2.66. The van der Waals surface area contributed by atoms with Crippen LogP contribution < -0.4 is 10.6 Å².